The number of ether oxygens (including phenoxy) is 2. The highest BCUT2D eigenvalue weighted by Gasteiger charge is 2.37. The predicted octanol–water partition coefficient (Wildman–Crippen LogP) is 1.62. The highest BCUT2D eigenvalue weighted by Crippen LogP contribution is 2.40. The highest BCUT2D eigenvalue weighted by molar-refractivity contribution is 7.56. The number of nitrogens with two attached hydrogens (primary N) is 1. The number of nitrogens with one attached hydrogen (secondary N) is 1. The largest absolute Gasteiger partial charge is 0.460 e. The molecule has 1 fully saturated rings. The number of nitrogens with zero attached hydrogens (tertiary/aromatic N) is 4. The second-order valence-electron chi connectivity index (χ2n) is 8.12. The van der Waals surface area contributed by atoms with Gasteiger partial charge in [0.15, 0.2) is 17.7 Å². The predicted molar refractivity (Wildman–Crippen MR) is 123 cm³/mol. The molecule has 1 aromatic carbocycles. The topological polar surface area (TPSA) is 164 Å². The van der Waals surface area contributed by atoms with Gasteiger partial charge in [0.25, 0.3) is 7.52 Å². The van der Waals surface area contributed by atoms with Crippen molar-refractivity contribution in [1.82, 2.24) is 24.6 Å². The summed E-state index contributed by atoms with van der Waals surface area (Å²) in [6.45, 7) is 3.00. The molecule has 1 unspecified atom stereocenters. The lowest BCUT2D eigenvalue weighted by atomic mass is 10.2. The van der Waals surface area contributed by atoms with Crippen LogP contribution in [-0.2, 0) is 30.0 Å². The number of carbonyl (C=O) groups is 1. The van der Waals surface area contributed by atoms with Gasteiger partial charge >= 0.3 is 5.97 Å². The summed E-state index contributed by atoms with van der Waals surface area (Å²) in [4.78, 5) is 24.5. The number of rotatable bonds is 9. The van der Waals surface area contributed by atoms with E-state index < -0.39 is 38.0 Å². The average molecular weight is 490 g/mol. The van der Waals surface area contributed by atoms with Crippen LogP contribution in [0.25, 0.3) is 11.2 Å². The molecule has 0 radical (unpaired) electrons. The zero-order valence-electron chi connectivity index (χ0n) is 18.8. The number of hydrogen-bond donors (Lipinski definition) is 3. The van der Waals surface area contributed by atoms with E-state index in [-0.39, 0.29) is 25.5 Å². The zero-order chi connectivity index (χ0) is 24.3. The number of carbonyl (C=O) groups excluding carboxylic acids is 1. The van der Waals surface area contributed by atoms with Crippen molar-refractivity contribution >= 4 is 30.5 Å². The van der Waals surface area contributed by atoms with Gasteiger partial charge in [0.2, 0.25) is 0 Å². The molecule has 0 saturated carbocycles. The third kappa shape index (κ3) is 5.60. The van der Waals surface area contributed by atoms with Crippen molar-refractivity contribution in [3.8, 4) is 0 Å². The van der Waals surface area contributed by atoms with E-state index in [1.54, 1.807) is 11.5 Å². The van der Waals surface area contributed by atoms with Gasteiger partial charge in [-0.1, -0.05) is 30.3 Å². The fourth-order valence-electron chi connectivity index (χ4n) is 3.66. The van der Waals surface area contributed by atoms with E-state index in [0.29, 0.717) is 11.2 Å². The third-order valence-electron chi connectivity index (χ3n) is 5.34. The molecule has 1 saturated heterocycles. The van der Waals surface area contributed by atoms with Crippen LogP contribution in [0.1, 0.15) is 25.1 Å². The fraction of sp³-hybridized carbons (Fsp3) is 0.429. The first-order valence-electron chi connectivity index (χ1n) is 10.7. The molecule has 2 aromatic heterocycles. The fourth-order valence-corrected chi connectivity index (χ4v) is 5.00. The molecule has 1 aliphatic heterocycles. The summed E-state index contributed by atoms with van der Waals surface area (Å²) in [6.07, 6.45) is 0.874. The summed E-state index contributed by atoms with van der Waals surface area (Å²) in [6, 6.07) is 8.42. The molecule has 0 amide bonds. The third-order valence-corrected chi connectivity index (χ3v) is 6.84. The molecule has 0 bridgehead atoms. The molecule has 34 heavy (non-hydrogen) atoms. The molecule has 3 heterocycles. The van der Waals surface area contributed by atoms with Crippen molar-refractivity contribution in [2.24, 2.45) is 0 Å². The van der Waals surface area contributed by atoms with Gasteiger partial charge in [-0.3, -0.25) is 13.9 Å². The molecule has 5 atom stereocenters. The van der Waals surface area contributed by atoms with Crippen LogP contribution in [0, 0.1) is 0 Å². The van der Waals surface area contributed by atoms with E-state index in [9.17, 15) is 14.5 Å². The number of fused-ring (bicyclic) bond motifs is 1. The number of hydrogen-bond acceptors (Lipinski definition) is 10. The second-order valence-corrected chi connectivity index (χ2v) is 10.3. The lowest BCUT2D eigenvalue weighted by molar-refractivity contribution is -0.146. The number of aromatic nitrogens is 4. The van der Waals surface area contributed by atoms with Crippen LogP contribution >= 0.6 is 7.52 Å². The number of nitrogen functional groups attached to an aromatic ring is 1. The van der Waals surface area contributed by atoms with Gasteiger partial charge < -0.3 is 24.8 Å². The average Bonchev–Trinajstić information content (AvgIpc) is 3.40. The first kappa shape index (κ1) is 24.2. The number of imidazole rings is 1. The summed E-state index contributed by atoms with van der Waals surface area (Å²) < 4.78 is 31.2. The van der Waals surface area contributed by atoms with Crippen LogP contribution < -0.4 is 10.8 Å². The van der Waals surface area contributed by atoms with Crippen LogP contribution in [0.2, 0.25) is 0 Å². The smallest absolute Gasteiger partial charge is 0.323 e. The first-order valence-corrected chi connectivity index (χ1v) is 12.8. The molecule has 13 heteroatoms. The van der Waals surface area contributed by atoms with Crippen LogP contribution in [0.4, 0.5) is 5.82 Å². The molecule has 3 aromatic rings. The maximum atomic E-state index is 12.9. The van der Waals surface area contributed by atoms with Gasteiger partial charge in [-0.15, -0.1) is 0 Å². The van der Waals surface area contributed by atoms with E-state index in [0.717, 1.165) is 5.56 Å². The minimum atomic E-state index is -3.36. The van der Waals surface area contributed by atoms with Crippen LogP contribution in [0.15, 0.2) is 43.0 Å². The van der Waals surface area contributed by atoms with Gasteiger partial charge in [-0.2, -0.15) is 0 Å². The molecule has 12 nitrogen and oxygen atoms in total. The number of esters is 1. The Morgan fingerprint density at radius 2 is 2.12 bits per heavy atom. The van der Waals surface area contributed by atoms with Crippen LogP contribution in [0.5, 0.6) is 0 Å². The number of aliphatic hydroxyl groups excluding tert-OH is 1. The molecule has 182 valence electrons. The van der Waals surface area contributed by atoms with E-state index in [1.165, 1.54) is 19.3 Å². The summed E-state index contributed by atoms with van der Waals surface area (Å²) in [5, 5.41) is 13.2. The SMILES string of the molecule is C[C@H](NP(C)(=O)OC[C@@H]1C[C@H](O)[C@H](n2cnc3c(N)ncnc32)O1)C(=O)OCc1ccccc1. The van der Waals surface area contributed by atoms with Crippen molar-refractivity contribution in [2.45, 2.75) is 44.4 Å². The van der Waals surface area contributed by atoms with Crippen LogP contribution in [-0.4, -0.2) is 62.1 Å². The number of benzene rings is 1. The lowest BCUT2D eigenvalue weighted by Gasteiger charge is -2.21. The van der Waals surface area contributed by atoms with Gasteiger partial charge in [-0.05, 0) is 12.5 Å². The van der Waals surface area contributed by atoms with E-state index in [1.807, 2.05) is 30.3 Å². The molecule has 4 N–H and O–H groups in total. The van der Waals surface area contributed by atoms with Crippen molar-refractivity contribution in [2.75, 3.05) is 19.0 Å². The summed E-state index contributed by atoms with van der Waals surface area (Å²) in [5.74, 6) is -0.319. The number of aliphatic hydroxyl groups is 1. The Morgan fingerprint density at radius 1 is 1.35 bits per heavy atom. The summed E-state index contributed by atoms with van der Waals surface area (Å²) in [7, 11) is -3.36. The lowest BCUT2D eigenvalue weighted by Crippen LogP contribution is -2.34. The summed E-state index contributed by atoms with van der Waals surface area (Å²) in [5.41, 5.74) is 7.51. The molecule has 0 spiro atoms. The van der Waals surface area contributed by atoms with E-state index in [4.69, 9.17) is 19.7 Å². The monoisotopic (exact) mass is 490 g/mol. The van der Waals surface area contributed by atoms with Gasteiger partial charge in [0, 0.05) is 13.1 Å². The van der Waals surface area contributed by atoms with Crippen molar-refractivity contribution in [3.63, 3.8) is 0 Å². The maximum absolute atomic E-state index is 12.9. The molecular formula is C21H27N6O6P. The van der Waals surface area contributed by atoms with Crippen molar-refractivity contribution in [3.05, 3.63) is 48.5 Å². The Labute approximate surface area is 196 Å². The minimum Gasteiger partial charge on any atom is -0.460 e. The maximum Gasteiger partial charge on any atom is 0.323 e. The first-order chi connectivity index (χ1) is 16.2. The Balaban J connectivity index is 1.29. The van der Waals surface area contributed by atoms with Crippen LogP contribution in [0.3, 0.4) is 0 Å². The Morgan fingerprint density at radius 3 is 2.88 bits per heavy atom. The Kier molecular flexibility index (Phi) is 7.24. The highest BCUT2D eigenvalue weighted by atomic mass is 31.2. The van der Waals surface area contributed by atoms with E-state index in [2.05, 4.69) is 20.0 Å². The normalized spacial score (nSPS) is 23.0. The molecular weight excluding hydrogens is 463 g/mol. The standard InChI is InChI=1S/C21H27N6O6P/c1-13(21(29)31-9-14-6-4-3-5-7-14)26-34(2,30)32-10-15-8-16(28)20(33-15)27-12-25-17-18(22)23-11-24-19(17)27/h3-7,11-13,15-16,20,28H,8-10H2,1-2H3,(H,26,30)(H2,22,23,24)/t13-,15-,16-,20+,34?/m0/s1. The Hall–Kier alpha value is -2.89. The Bertz CT molecular complexity index is 1190. The molecule has 4 rings (SSSR count). The zero-order valence-corrected chi connectivity index (χ0v) is 19.7. The van der Waals surface area contributed by atoms with Crippen molar-refractivity contribution in [1.29, 1.82) is 0 Å². The minimum absolute atomic E-state index is 0.0517. The van der Waals surface area contributed by atoms with Gasteiger partial charge in [0.05, 0.1) is 19.0 Å². The quantitative estimate of drug-likeness (QED) is 0.295. The summed E-state index contributed by atoms with van der Waals surface area (Å²) >= 11 is 0. The van der Waals surface area contributed by atoms with Gasteiger partial charge in [0.1, 0.15) is 30.6 Å². The van der Waals surface area contributed by atoms with E-state index >= 15 is 0 Å². The number of anilines is 1. The van der Waals surface area contributed by atoms with Crippen molar-refractivity contribution < 1.29 is 28.5 Å². The molecule has 1 aliphatic rings. The van der Waals surface area contributed by atoms with Gasteiger partial charge in [-0.25, -0.2) is 20.0 Å². The second kappa shape index (κ2) is 10.2. The molecule has 0 aliphatic carbocycles.